The van der Waals surface area contributed by atoms with Crippen LogP contribution < -0.4 is 0 Å². The van der Waals surface area contributed by atoms with Crippen LogP contribution in [0.5, 0.6) is 0 Å². The molecule has 1 unspecified atom stereocenters. The van der Waals surface area contributed by atoms with Gasteiger partial charge >= 0.3 is 0 Å². The maximum Gasteiger partial charge on any atom is 0.254 e. The lowest BCUT2D eigenvalue weighted by molar-refractivity contribution is 0.0701. The molecule has 0 aliphatic carbocycles. The summed E-state index contributed by atoms with van der Waals surface area (Å²) in [6.45, 7) is 7.35. The van der Waals surface area contributed by atoms with Crippen molar-refractivity contribution in [2.24, 2.45) is 5.92 Å². The van der Waals surface area contributed by atoms with Gasteiger partial charge in [-0.25, -0.2) is 0 Å². The standard InChI is InChI=1S/C15H21NO/c1-11(2)14-5-4-10-16(14)15(17)13-8-6-12(3)7-9-13/h6-9,11,14H,4-5,10H2,1-3H3. The van der Waals surface area contributed by atoms with E-state index in [0.717, 1.165) is 24.9 Å². The lowest BCUT2D eigenvalue weighted by Gasteiger charge is -2.27. The molecule has 1 aromatic carbocycles. The number of hydrogen-bond acceptors (Lipinski definition) is 1. The van der Waals surface area contributed by atoms with Gasteiger partial charge in [0.1, 0.15) is 0 Å². The van der Waals surface area contributed by atoms with Crippen LogP contribution in [0.1, 0.15) is 42.6 Å². The fourth-order valence-electron chi connectivity index (χ4n) is 2.60. The zero-order valence-corrected chi connectivity index (χ0v) is 10.9. The maximum absolute atomic E-state index is 12.4. The molecular formula is C15H21NO. The van der Waals surface area contributed by atoms with Gasteiger partial charge in [-0.2, -0.15) is 0 Å². The van der Waals surface area contributed by atoms with E-state index in [1.165, 1.54) is 5.56 Å². The van der Waals surface area contributed by atoms with Gasteiger partial charge < -0.3 is 4.90 Å². The van der Waals surface area contributed by atoms with E-state index in [0.29, 0.717) is 12.0 Å². The summed E-state index contributed by atoms with van der Waals surface area (Å²) in [6.07, 6.45) is 2.29. The Kier molecular flexibility index (Phi) is 3.51. The normalized spacial score (nSPS) is 20.0. The average molecular weight is 231 g/mol. The molecule has 1 amide bonds. The maximum atomic E-state index is 12.4. The molecule has 1 fully saturated rings. The summed E-state index contributed by atoms with van der Waals surface area (Å²) >= 11 is 0. The first-order valence-electron chi connectivity index (χ1n) is 6.47. The highest BCUT2D eigenvalue weighted by Gasteiger charge is 2.31. The molecule has 1 saturated heterocycles. The van der Waals surface area contributed by atoms with E-state index in [9.17, 15) is 4.79 Å². The van der Waals surface area contributed by atoms with E-state index in [1.54, 1.807) is 0 Å². The summed E-state index contributed by atoms with van der Waals surface area (Å²) in [4.78, 5) is 14.4. The number of nitrogens with zero attached hydrogens (tertiary/aromatic N) is 1. The minimum Gasteiger partial charge on any atom is -0.335 e. The van der Waals surface area contributed by atoms with E-state index in [1.807, 2.05) is 31.2 Å². The molecule has 0 bridgehead atoms. The van der Waals surface area contributed by atoms with E-state index in [2.05, 4.69) is 18.7 Å². The average Bonchev–Trinajstić information content (AvgIpc) is 2.78. The number of carbonyl (C=O) groups excluding carboxylic acids is 1. The highest BCUT2D eigenvalue weighted by Crippen LogP contribution is 2.25. The molecule has 0 aromatic heterocycles. The predicted molar refractivity (Wildman–Crippen MR) is 70.1 cm³/mol. The van der Waals surface area contributed by atoms with E-state index >= 15 is 0 Å². The van der Waals surface area contributed by atoms with Crippen molar-refractivity contribution in [2.45, 2.75) is 39.7 Å². The first-order valence-corrected chi connectivity index (χ1v) is 6.47. The molecule has 92 valence electrons. The molecular weight excluding hydrogens is 210 g/mol. The summed E-state index contributed by atoms with van der Waals surface area (Å²) in [5.74, 6) is 0.744. The van der Waals surface area contributed by atoms with Gasteiger partial charge in [0.15, 0.2) is 0 Å². The summed E-state index contributed by atoms with van der Waals surface area (Å²) in [7, 11) is 0. The van der Waals surface area contributed by atoms with Crippen LogP contribution in [-0.4, -0.2) is 23.4 Å². The van der Waals surface area contributed by atoms with Crippen LogP contribution in [0.2, 0.25) is 0 Å². The van der Waals surface area contributed by atoms with Gasteiger partial charge in [-0.15, -0.1) is 0 Å². The van der Waals surface area contributed by atoms with E-state index in [-0.39, 0.29) is 5.91 Å². The van der Waals surface area contributed by atoms with Crippen LogP contribution in [0.25, 0.3) is 0 Å². The SMILES string of the molecule is Cc1ccc(C(=O)N2CCCC2C(C)C)cc1. The highest BCUT2D eigenvalue weighted by atomic mass is 16.2. The fraction of sp³-hybridized carbons (Fsp3) is 0.533. The van der Waals surface area contributed by atoms with Crippen LogP contribution in [-0.2, 0) is 0 Å². The summed E-state index contributed by atoms with van der Waals surface area (Å²) in [6, 6.07) is 8.31. The lowest BCUT2D eigenvalue weighted by Crippen LogP contribution is -2.38. The van der Waals surface area contributed by atoms with Crippen LogP contribution in [0.4, 0.5) is 0 Å². The Labute approximate surface area is 104 Å². The third kappa shape index (κ3) is 2.51. The van der Waals surface area contributed by atoms with Crippen molar-refractivity contribution in [1.82, 2.24) is 4.90 Å². The van der Waals surface area contributed by atoms with Gasteiger partial charge in [-0.05, 0) is 37.8 Å². The summed E-state index contributed by atoms with van der Waals surface area (Å²) in [5.41, 5.74) is 2.02. The Morgan fingerprint density at radius 2 is 1.94 bits per heavy atom. The third-order valence-electron chi connectivity index (χ3n) is 3.63. The zero-order chi connectivity index (χ0) is 12.4. The fourth-order valence-corrected chi connectivity index (χ4v) is 2.60. The molecule has 0 N–H and O–H groups in total. The number of amides is 1. The van der Waals surface area contributed by atoms with Crippen molar-refractivity contribution in [3.63, 3.8) is 0 Å². The van der Waals surface area contributed by atoms with Crippen LogP contribution in [0.3, 0.4) is 0 Å². The quantitative estimate of drug-likeness (QED) is 0.765. The summed E-state index contributed by atoms with van der Waals surface area (Å²) < 4.78 is 0. The Morgan fingerprint density at radius 1 is 1.29 bits per heavy atom. The van der Waals surface area contributed by atoms with Crippen molar-refractivity contribution in [2.75, 3.05) is 6.54 Å². The Hall–Kier alpha value is -1.31. The molecule has 2 heteroatoms. The van der Waals surface area contributed by atoms with Gasteiger partial charge in [0, 0.05) is 18.2 Å². The molecule has 1 atom stereocenters. The second-order valence-electron chi connectivity index (χ2n) is 5.32. The van der Waals surface area contributed by atoms with Gasteiger partial charge in [0.25, 0.3) is 5.91 Å². The lowest BCUT2D eigenvalue weighted by atomic mass is 10.0. The molecule has 0 spiro atoms. The second-order valence-corrected chi connectivity index (χ2v) is 5.32. The third-order valence-corrected chi connectivity index (χ3v) is 3.63. The van der Waals surface area contributed by atoms with Crippen molar-refractivity contribution in [3.8, 4) is 0 Å². The predicted octanol–water partition coefficient (Wildman–Crippen LogP) is 3.26. The number of likely N-dealkylation sites (tertiary alicyclic amines) is 1. The van der Waals surface area contributed by atoms with Crippen LogP contribution in [0.15, 0.2) is 24.3 Å². The molecule has 2 rings (SSSR count). The molecule has 1 aliphatic rings. The second kappa shape index (κ2) is 4.91. The van der Waals surface area contributed by atoms with Crippen molar-refractivity contribution < 1.29 is 4.79 Å². The highest BCUT2D eigenvalue weighted by molar-refractivity contribution is 5.94. The number of benzene rings is 1. The minimum atomic E-state index is 0.196. The van der Waals surface area contributed by atoms with Gasteiger partial charge in [0.2, 0.25) is 0 Å². The molecule has 1 heterocycles. The zero-order valence-electron chi connectivity index (χ0n) is 10.9. The number of rotatable bonds is 2. The smallest absolute Gasteiger partial charge is 0.254 e. The summed E-state index contributed by atoms with van der Waals surface area (Å²) in [5, 5.41) is 0. The van der Waals surface area contributed by atoms with Crippen molar-refractivity contribution in [3.05, 3.63) is 35.4 Å². The monoisotopic (exact) mass is 231 g/mol. The minimum absolute atomic E-state index is 0.196. The van der Waals surface area contributed by atoms with Gasteiger partial charge in [-0.3, -0.25) is 4.79 Å². The number of hydrogen-bond donors (Lipinski definition) is 0. The topological polar surface area (TPSA) is 20.3 Å². The van der Waals surface area contributed by atoms with Crippen LogP contribution in [0, 0.1) is 12.8 Å². The Bertz CT molecular complexity index is 394. The molecule has 17 heavy (non-hydrogen) atoms. The van der Waals surface area contributed by atoms with Gasteiger partial charge in [-0.1, -0.05) is 31.5 Å². The van der Waals surface area contributed by atoms with Crippen molar-refractivity contribution in [1.29, 1.82) is 0 Å². The Balaban J connectivity index is 2.17. The first kappa shape index (κ1) is 12.2. The number of carbonyl (C=O) groups is 1. The molecule has 2 nitrogen and oxygen atoms in total. The van der Waals surface area contributed by atoms with Crippen molar-refractivity contribution >= 4 is 5.91 Å². The van der Waals surface area contributed by atoms with E-state index in [4.69, 9.17) is 0 Å². The van der Waals surface area contributed by atoms with Gasteiger partial charge in [0.05, 0.1) is 0 Å². The molecule has 0 radical (unpaired) electrons. The Morgan fingerprint density at radius 3 is 2.53 bits per heavy atom. The van der Waals surface area contributed by atoms with E-state index < -0.39 is 0 Å². The van der Waals surface area contributed by atoms with Crippen LogP contribution >= 0.6 is 0 Å². The molecule has 0 saturated carbocycles. The largest absolute Gasteiger partial charge is 0.335 e. The number of aryl methyl sites for hydroxylation is 1. The molecule has 1 aromatic rings. The molecule has 1 aliphatic heterocycles. The first-order chi connectivity index (χ1) is 8.09.